The van der Waals surface area contributed by atoms with Crippen LogP contribution >= 0.6 is 0 Å². The Labute approximate surface area is 191 Å². The van der Waals surface area contributed by atoms with Crippen molar-refractivity contribution in [1.29, 1.82) is 0 Å². The third-order valence-electron chi connectivity index (χ3n) is 6.23. The largest absolute Gasteiger partial charge is 0.494 e. The molecule has 1 heterocycles. The summed E-state index contributed by atoms with van der Waals surface area (Å²) in [7, 11) is 0. The summed E-state index contributed by atoms with van der Waals surface area (Å²) in [6, 6.07) is 14.0. The maximum absolute atomic E-state index is 11.4. The summed E-state index contributed by atoms with van der Waals surface area (Å²) in [4.78, 5) is 13.6. The normalized spacial score (nSPS) is 17.3. The van der Waals surface area contributed by atoms with Crippen LogP contribution in [-0.4, -0.2) is 41.0 Å². The lowest BCUT2D eigenvalue weighted by atomic mass is 9.91. The fraction of sp³-hybridized carbons (Fsp3) is 0.500. The van der Waals surface area contributed by atoms with Gasteiger partial charge >= 0.3 is 5.97 Å². The van der Waals surface area contributed by atoms with Gasteiger partial charge in [0.25, 0.3) is 0 Å². The van der Waals surface area contributed by atoms with E-state index in [0.29, 0.717) is 6.61 Å². The van der Waals surface area contributed by atoms with E-state index in [9.17, 15) is 15.0 Å². The topological polar surface area (TPSA) is 82.0 Å². The van der Waals surface area contributed by atoms with E-state index < -0.39 is 11.6 Å². The lowest BCUT2D eigenvalue weighted by molar-refractivity contribution is -0.137. The molecular formula is C26H36N2O4. The van der Waals surface area contributed by atoms with Crippen molar-refractivity contribution in [1.82, 2.24) is 0 Å². The number of aliphatic carboxylic acids is 1. The standard InChI is InChI=1S/C26H36N2O4/c1-5-18(17-25(29)30)19-9-14-23(28-15-7-8-24(28)26(3,4)31)22(16-19)27-20-10-12-21(13-11-20)32-6-2/h9-14,16,18,24,27,31H,5-8,15,17H2,1-4H3,(H,29,30). The maximum atomic E-state index is 11.4. The number of rotatable bonds is 10. The minimum absolute atomic E-state index is 0.0234. The third-order valence-corrected chi connectivity index (χ3v) is 6.23. The fourth-order valence-corrected chi connectivity index (χ4v) is 4.61. The van der Waals surface area contributed by atoms with Crippen LogP contribution in [0.3, 0.4) is 0 Å². The van der Waals surface area contributed by atoms with Crippen LogP contribution in [0.1, 0.15) is 64.9 Å². The number of carboxylic acid groups (broad SMARTS) is 1. The number of carbonyl (C=O) groups is 1. The van der Waals surface area contributed by atoms with E-state index >= 15 is 0 Å². The molecule has 174 valence electrons. The molecule has 1 aliphatic heterocycles. The zero-order valence-corrected chi connectivity index (χ0v) is 19.6. The molecule has 6 nitrogen and oxygen atoms in total. The summed E-state index contributed by atoms with van der Waals surface area (Å²) in [6.45, 7) is 9.20. The van der Waals surface area contributed by atoms with E-state index in [1.54, 1.807) is 0 Å². The van der Waals surface area contributed by atoms with Crippen LogP contribution in [0, 0.1) is 0 Å². The van der Waals surface area contributed by atoms with Crippen molar-refractivity contribution in [3.63, 3.8) is 0 Å². The molecule has 0 aliphatic carbocycles. The summed E-state index contributed by atoms with van der Waals surface area (Å²) in [5.74, 6) is -0.0177. The van der Waals surface area contributed by atoms with Gasteiger partial charge in [-0.1, -0.05) is 13.0 Å². The summed E-state index contributed by atoms with van der Waals surface area (Å²) in [6.07, 6.45) is 2.82. The second-order valence-electron chi connectivity index (χ2n) is 9.07. The molecule has 32 heavy (non-hydrogen) atoms. The lowest BCUT2D eigenvalue weighted by Crippen LogP contribution is -2.46. The molecule has 3 rings (SSSR count). The number of hydrogen-bond donors (Lipinski definition) is 3. The van der Waals surface area contributed by atoms with E-state index in [1.165, 1.54) is 0 Å². The van der Waals surface area contributed by atoms with Crippen LogP contribution in [0.15, 0.2) is 42.5 Å². The number of anilines is 3. The molecule has 0 saturated carbocycles. The first kappa shape index (κ1) is 23.9. The zero-order valence-electron chi connectivity index (χ0n) is 19.6. The number of benzene rings is 2. The molecule has 2 aromatic rings. The average molecular weight is 441 g/mol. The van der Waals surface area contributed by atoms with Gasteiger partial charge in [-0.2, -0.15) is 0 Å². The van der Waals surface area contributed by atoms with Crippen molar-refractivity contribution in [3.05, 3.63) is 48.0 Å². The van der Waals surface area contributed by atoms with Gasteiger partial charge in [-0.25, -0.2) is 0 Å². The molecule has 2 atom stereocenters. The zero-order chi connectivity index (χ0) is 23.3. The summed E-state index contributed by atoms with van der Waals surface area (Å²) < 4.78 is 5.55. The van der Waals surface area contributed by atoms with Crippen molar-refractivity contribution in [2.45, 2.75) is 70.9 Å². The van der Waals surface area contributed by atoms with Crippen LogP contribution in [-0.2, 0) is 4.79 Å². The quantitative estimate of drug-likeness (QED) is 0.450. The molecule has 1 saturated heterocycles. The molecule has 0 radical (unpaired) electrons. The lowest BCUT2D eigenvalue weighted by Gasteiger charge is -2.36. The highest BCUT2D eigenvalue weighted by molar-refractivity contribution is 5.77. The van der Waals surface area contributed by atoms with Gasteiger partial charge in [0.15, 0.2) is 0 Å². The van der Waals surface area contributed by atoms with Gasteiger partial charge in [-0.3, -0.25) is 4.79 Å². The Bertz CT molecular complexity index is 905. The first-order chi connectivity index (χ1) is 15.2. The van der Waals surface area contributed by atoms with Crippen LogP contribution in [0.25, 0.3) is 0 Å². The van der Waals surface area contributed by atoms with Crippen LogP contribution in [0.5, 0.6) is 5.75 Å². The van der Waals surface area contributed by atoms with Crippen molar-refractivity contribution < 1.29 is 19.7 Å². The Morgan fingerprint density at radius 3 is 2.53 bits per heavy atom. The number of ether oxygens (including phenoxy) is 1. The molecule has 0 spiro atoms. The Hall–Kier alpha value is -2.73. The third kappa shape index (κ3) is 5.74. The molecule has 2 aromatic carbocycles. The van der Waals surface area contributed by atoms with E-state index in [0.717, 1.165) is 54.2 Å². The summed E-state index contributed by atoms with van der Waals surface area (Å²) in [5.41, 5.74) is 3.06. The average Bonchev–Trinajstić information content (AvgIpc) is 3.24. The number of nitrogens with one attached hydrogen (secondary N) is 1. The van der Waals surface area contributed by atoms with Gasteiger partial charge in [0.05, 0.1) is 36.0 Å². The first-order valence-electron chi connectivity index (χ1n) is 11.6. The molecule has 1 aliphatic rings. The van der Waals surface area contributed by atoms with E-state index in [1.807, 2.05) is 58.0 Å². The van der Waals surface area contributed by atoms with Crippen molar-refractivity contribution in [2.24, 2.45) is 0 Å². The number of carboxylic acids is 1. The molecule has 6 heteroatoms. The van der Waals surface area contributed by atoms with Crippen LogP contribution in [0.2, 0.25) is 0 Å². The minimum atomic E-state index is -0.819. The molecule has 0 aromatic heterocycles. The smallest absolute Gasteiger partial charge is 0.303 e. The predicted octanol–water partition coefficient (Wildman–Crippen LogP) is 5.54. The van der Waals surface area contributed by atoms with Gasteiger partial charge in [-0.15, -0.1) is 0 Å². The number of aliphatic hydroxyl groups is 1. The number of nitrogens with zero attached hydrogens (tertiary/aromatic N) is 1. The molecular weight excluding hydrogens is 404 g/mol. The molecule has 2 unspecified atom stereocenters. The highest BCUT2D eigenvalue weighted by Crippen LogP contribution is 2.39. The second kappa shape index (κ2) is 10.3. The molecule has 1 fully saturated rings. The Balaban J connectivity index is 1.99. The highest BCUT2D eigenvalue weighted by Gasteiger charge is 2.37. The van der Waals surface area contributed by atoms with Crippen LogP contribution in [0.4, 0.5) is 17.1 Å². The Morgan fingerprint density at radius 1 is 1.22 bits per heavy atom. The van der Waals surface area contributed by atoms with E-state index in [4.69, 9.17) is 4.74 Å². The Morgan fingerprint density at radius 2 is 1.94 bits per heavy atom. The van der Waals surface area contributed by atoms with Crippen LogP contribution < -0.4 is 15.0 Å². The first-order valence-corrected chi connectivity index (χ1v) is 11.6. The van der Waals surface area contributed by atoms with Gasteiger partial charge in [0.2, 0.25) is 0 Å². The molecule has 0 bridgehead atoms. The minimum Gasteiger partial charge on any atom is -0.494 e. The van der Waals surface area contributed by atoms with Gasteiger partial charge in [0, 0.05) is 12.2 Å². The SMILES string of the molecule is CCOc1ccc(Nc2cc(C(CC)CC(=O)O)ccc2N2CCCC2C(C)(C)O)cc1. The maximum Gasteiger partial charge on any atom is 0.303 e. The highest BCUT2D eigenvalue weighted by atomic mass is 16.5. The van der Waals surface area contributed by atoms with Gasteiger partial charge in [-0.05, 0) is 87.9 Å². The van der Waals surface area contributed by atoms with Crippen molar-refractivity contribution in [3.8, 4) is 5.75 Å². The van der Waals surface area contributed by atoms with Gasteiger partial charge < -0.3 is 25.2 Å². The molecule has 3 N–H and O–H groups in total. The summed E-state index contributed by atoms with van der Waals surface area (Å²) in [5, 5.41) is 23.6. The molecule has 0 amide bonds. The summed E-state index contributed by atoms with van der Waals surface area (Å²) >= 11 is 0. The second-order valence-corrected chi connectivity index (χ2v) is 9.07. The van der Waals surface area contributed by atoms with E-state index in [2.05, 4.69) is 22.3 Å². The Kier molecular flexibility index (Phi) is 7.67. The predicted molar refractivity (Wildman–Crippen MR) is 129 cm³/mol. The fourth-order valence-electron chi connectivity index (χ4n) is 4.61. The van der Waals surface area contributed by atoms with Crippen molar-refractivity contribution >= 4 is 23.0 Å². The van der Waals surface area contributed by atoms with Gasteiger partial charge in [0.1, 0.15) is 5.75 Å². The number of hydrogen-bond acceptors (Lipinski definition) is 5. The van der Waals surface area contributed by atoms with E-state index in [-0.39, 0.29) is 18.4 Å². The van der Waals surface area contributed by atoms with Crippen molar-refractivity contribution in [2.75, 3.05) is 23.4 Å². The monoisotopic (exact) mass is 440 g/mol.